The molecule has 0 amide bonds. The van der Waals surface area contributed by atoms with Gasteiger partial charge >= 0.3 is 0 Å². The van der Waals surface area contributed by atoms with E-state index in [1.165, 1.54) is 0 Å². The minimum atomic E-state index is -1.29. The van der Waals surface area contributed by atoms with Gasteiger partial charge in [0.1, 0.15) is 29.4 Å². The van der Waals surface area contributed by atoms with Gasteiger partial charge in [0.05, 0.1) is 6.61 Å². The van der Waals surface area contributed by atoms with Gasteiger partial charge in [0.2, 0.25) is 0 Å². The molecule has 72 valence electrons. The Morgan fingerprint density at radius 1 is 1.08 bits per heavy atom. The van der Waals surface area contributed by atoms with Crippen molar-refractivity contribution in [3.8, 4) is 0 Å². The highest BCUT2D eigenvalue weighted by atomic mass is 79.9. The van der Waals surface area contributed by atoms with Crippen LogP contribution in [0.5, 0.6) is 0 Å². The monoisotopic (exact) mass is 242 g/mol. The normalized spacial score (nSPS) is 49.2. The molecule has 0 aromatic rings. The van der Waals surface area contributed by atoms with Crippen LogP contribution in [0.2, 0.25) is 0 Å². The average Bonchev–Trinajstić information content (AvgIpc) is 2.08. The fourth-order valence-corrected chi connectivity index (χ4v) is 1.65. The van der Waals surface area contributed by atoms with E-state index in [-0.39, 0.29) is 0 Å². The molecule has 0 bridgehead atoms. The number of hydrogen-bond donors (Lipinski definition) is 4. The van der Waals surface area contributed by atoms with E-state index in [0.717, 1.165) is 0 Å². The third kappa shape index (κ3) is 1.78. The van der Waals surface area contributed by atoms with Crippen LogP contribution in [0.15, 0.2) is 0 Å². The number of rotatable bonds is 1. The second-order valence-electron chi connectivity index (χ2n) is 2.68. The van der Waals surface area contributed by atoms with Gasteiger partial charge in [-0.1, -0.05) is 15.9 Å². The molecule has 1 aliphatic heterocycles. The number of alkyl halides is 1. The lowest BCUT2D eigenvalue weighted by molar-refractivity contribution is -0.203. The maximum Gasteiger partial charge on any atom is 0.141 e. The van der Waals surface area contributed by atoms with Gasteiger partial charge in [-0.3, -0.25) is 0 Å². The van der Waals surface area contributed by atoms with Crippen LogP contribution in [0.3, 0.4) is 0 Å². The van der Waals surface area contributed by atoms with Crippen LogP contribution < -0.4 is 0 Å². The lowest BCUT2D eigenvalue weighted by atomic mass is 10.0. The van der Waals surface area contributed by atoms with E-state index >= 15 is 0 Å². The SMILES string of the molecule is OCC1OC(Br)C(O)C(O)C1O. The van der Waals surface area contributed by atoms with Gasteiger partial charge in [-0.25, -0.2) is 0 Å². The van der Waals surface area contributed by atoms with Crippen molar-refractivity contribution in [2.45, 2.75) is 29.4 Å². The molecule has 0 aromatic carbocycles. The topological polar surface area (TPSA) is 90.2 Å². The Labute approximate surface area is 77.7 Å². The molecule has 5 nitrogen and oxygen atoms in total. The Kier molecular flexibility index (Phi) is 3.45. The molecular weight excluding hydrogens is 232 g/mol. The van der Waals surface area contributed by atoms with Crippen LogP contribution in [0.4, 0.5) is 0 Å². The first-order valence-corrected chi connectivity index (χ1v) is 4.44. The van der Waals surface area contributed by atoms with Gasteiger partial charge in [0, 0.05) is 0 Å². The number of aliphatic hydroxyl groups excluding tert-OH is 4. The summed E-state index contributed by atoms with van der Waals surface area (Å²) in [5, 5.41) is 35.5. The molecule has 0 aliphatic carbocycles. The zero-order chi connectivity index (χ0) is 9.30. The number of hydrogen-bond acceptors (Lipinski definition) is 5. The van der Waals surface area contributed by atoms with Crippen LogP contribution in [-0.2, 0) is 4.74 Å². The Hall–Kier alpha value is 0.280. The van der Waals surface area contributed by atoms with Crippen molar-refractivity contribution in [1.82, 2.24) is 0 Å². The van der Waals surface area contributed by atoms with Gasteiger partial charge < -0.3 is 25.2 Å². The Morgan fingerprint density at radius 3 is 2.17 bits per heavy atom. The average molecular weight is 243 g/mol. The molecule has 4 N–H and O–H groups in total. The first-order chi connectivity index (χ1) is 5.57. The minimum absolute atomic E-state index is 0.396. The lowest BCUT2D eigenvalue weighted by Gasteiger charge is -2.37. The van der Waals surface area contributed by atoms with Crippen LogP contribution >= 0.6 is 15.9 Å². The molecular formula is C6H11BrO5. The zero-order valence-corrected chi connectivity index (χ0v) is 7.75. The van der Waals surface area contributed by atoms with Crippen LogP contribution in [0.25, 0.3) is 0 Å². The van der Waals surface area contributed by atoms with Crippen molar-refractivity contribution in [3.63, 3.8) is 0 Å². The molecule has 0 radical (unpaired) electrons. The smallest absolute Gasteiger partial charge is 0.141 e. The summed E-state index contributed by atoms with van der Waals surface area (Å²) >= 11 is 2.95. The molecule has 1 saturated heterocycles. The number of ether oxygens (including phenoxy) is 1. The molecule has 0 aromatic heterocycles. The van der Waals surface area contributed by atoms with Gasteiger partial charge in [0.25, 0.3) is 0 Å². The summed E-state index contributed by atoms with van der Waals surface area (Å²) in [5.74, 6) is 0. The summed E-state index contributed by atoms with van der Waals surface area (Å²) in [6, 6.07) is 0. The van der Waals surface area contributed by atoms with E-state index < -0.39 is 36.0 Å². The van der Waals surface area contributed by atoms with Crippen molar-refractivity contribution >= 4 is 15.9 Å². The van der Waals surface area contributed by atoms with Gasteiger partial charge in [-0.05, 0) is 0 Å². The van der Waals surface area contributed by atoms with E-state index in [0.29, 0.717) is 0 Å². The summed E-state index contributed by atoms with van der Waals surface area (Å²) in [4.78, 5) is 0. The third-order valence-corrected chi connectivity index (χ3v) is 2.59. The van der Waals surface area contributed by atoms with E-state index in [2.05, 4.69) is 15.9 Å². The summed E-state index contributed by atoms with van der Waals surface area (Å²) in [5.41, 5.74) is 0. The quantitative estimate of drug-likeness (QED) is 0.407. The predicted molar refractivity (Wildman–Crippen MR) is 42.7 cm³/mol. The fraction of sp³-hybridized carbons (Fsp3) is 1.00. The summed E-state index contributed by atoms with van der Waals surface area (Å²) in [7, 11) is 0. The maximum atomic E-state index is 9.21. The molecule has 0 saturated carbocycles. The highest BCUT2D eigenvalue weighted by Crippen LogP contribution is 2.24. The van der Waals surface area contributed by atoms with Crippen molar-refractivity contribution in [2.75, 3.05) is 6.61 Å². The Morgan fingerprint density at radius 2 is 1.67 bits per heavy atom. The molecule has 0 spiro atoms. The van der Waals surface area contributed by atoms with Crippen molar-refractivity contribution in [2.24, 2.45) is 0 Å². The first kappa shape index (κ1) is 10.4. The highest BCUT2D eigenvalue weighted by Gasteiger charge is 2.42. The largest absolute Gasteiger partial charge is 0.394 e. The highest BCUT2D eigenvalue weighted by molar-refractivity contribution is 9.09. The lowest BCUT2D eigenvalue weighted by Crippen LogP contribution is -2.56. The number of aliphatic hydroxyl groups is 4. The van der Waals surface area contributed by atoms with Crippen LogP contribution in [-0.4, -0.2) is 56.5 Å². The number of halogens is 1. The molecule has 5 unspecified atom stereocenters. The minimum Gasteiger partial charge on any atom is -0.394 e. The van der Waals surface area contributed by atoms with Crippen LogP contribution in [0, 0.1) is 0 Å². The molecule has 5 atom stereocenters. The second-order valence-corrected chi connectivity index (χ2v) is 3.58. The molecule has 1 heterocycles. The maximum absolute atomic E-state index is 9.21. The second kappa shape index (κ2) is 3.99. The van der Waals surface area contributed by atoms with Crippen molar-refractivity contribution < 1.29 is 25.2 Å². The molecule has 1 fully saturated rings. The Balaban J connectivity index is 2.63. The first-order valence-electron chi connectivity index (χ1n) is 3.52. The molecule has 1 rings (SSSR count). The van der Waals surface area contributed by atoms with Crippen LogP contribution in [0.1, 0.15) is 0 Å². The molecule has 1 aliphatic rings. The molecule has 6 heteroatoms. The van der Waals surface area contributed by atoms with Crippen molar-refractivity contribution in [3.05, 3.63) is 0 Å². The summed E-state index contributed by atoms with van der Waals surface area (Å²) in [6.07, 6.45) is -4.57. The molecule has 12 heavy (non-hydrogen) atoms. The van der Waals surface area contributed by atoms with E-state index in [4.69, 9.17) is 14.9 Å². The summed E-state index contributed by atoms with van der Waals surface area (Å²) < 4.78 is 4.94. The van der Waals surface area contributed by atoms with Crippen molar-refractivity contribution in [1.29, 1.82) is 0 Å². The van der Waals surface area contributed by atoms with E-state index in [1.807, 2.05) is 0 Å². The fourth-order valence-electron chi connectivity index (χ4n) is 1.06. The Bertz CT molecular complexity index is 150. The van der Waals surface area contributed by atoms with E-state index in [1.54, 1.807) is 0 Å². The van der Waals surface area contributed by atoms with E-state index in [9.17, 15) is 10.2 Å². The zero-order valence-electron chi connectivity index (χ0n) is 6.17. The standard InChI is InChI=1S/C6H11BrO5/c7-6-5(11)4(10)3(9)2(1-8)12-6/h2-6,8-11H,1H2. The van der Waals surface area contributed by atoms with Gasteiger partial charge in [-0.15, -0.1) is 0 Å². The summed E-state index contributed by atoms with van der Waals surface area (Å²) in [6.45, 7) is -0.396. The van der Waals surface area contributed by atoms with Gasteiger partial charge in [0.15, 0.2) is 0 Å². The van der Waals surface area contributed by atoms with Gasteiger partial charge in [-0.2, -0.15) is 0 Å². The third-order valence-electron chi connectivity index (χ3n) is 1.83. The predicted octanol–water partition coefficient (Wildman–Crippen LogP) is -1.82.